The molecule has 2 N–H and O–H groups in total. The number of fused-ring (bicyclic) bond motifs is 1. The van der Waals surface area contributed by atoms with Crippen LogP contribution in [0.4, 0.5) is 10.5 Å². The zero-order chi connectivity index (χ0) is 20.4. The number of H-pyrrole nitrogens is 1. The molecule has 150 valence electrons. The maximum atomic E-state index is 12.5. The molecular weight excluding hydrogens is 390 g/mol. The summed E-state index contributed by atoms with van der Waals surface area (Å²) in [5.74, 6) is -0.213. The molecular formula is C22H22ClN3O3. The van der Waals surface area contributed by atoms with Crippen molar-refractivity contribution in [2.45, 2.75) is 25.9 Å². The number of halogens is 1. The van der Waals surface area contributed by atoms with Gasteiger partial charge in [-0.25, -0.2) is 4.79 Å². The number of anilines is 1. The van der Waals surface area contributed by atoms with Gasteiger partial charge in [0.15, 0.2) is 6.10 Å². The molecule has 1 saturated heterocycles. The molecule has 1 atom stereocenters. The van der Waals surface area contributed by atoms with Crippen molar-refractivity contribution in [3.63, 3.8) is 0 Å². The Hall–Kier alpha value is -2.99. The van der Waals surface area contributed by atoms with E-state index in [1.165, 1.54) is 5.56 Å². The van der Waals surface area contributed by atoms with Gasteiger partial charge in [0.25, 0.3) is 5.91 Å². The Morgan fingerprint density at radius 1 is 1.28 bits per heavy atom. The molecule has 0 saturated carbocycles. The number of hydrogen-bond acceptors (Lipinski definition) is 3. The lowest BCUT2D eigenvalue weighted by molar-refractivity contribution is -0.124. The number of aromatic nitrogens is 1. The van der Waals surface area contributed by atoms with Gasteiger partial charge >= 0.3 is 6.09 Å². The molecule has 0 aliphatic carbocycles. The summed E-state index contributed by atoms with van der Waals surface area (Å²) in [4.78, 5) is 29.6. The zero-order valence-corrected chi connectivity index (χ0v) is 16.8. The Morgan fingerprint density at radius 2 is 2.07 bits per heavy atom. The molecule has 1 aromatic heterocycles. The number of carbonyl (C=O) groups excluding carboxylic acids is 2. The smallest absolute Gasteiger partial charge is 0.407 e. The van der Waals surface area contributed by atoms with E-state index in [1.807, 2.05) is 12.3 Å². The van der Waals surface area contributed by atoms with E-state index in [1.54, 1.807) is 29.2 Å². The highest BCUT2D eigenvalue weighted by molar-refractivity contribution is 6.30. The van der Waals surface area contributed by atoms with Gasteiger partial charge in [-0.1, -0.05) is 23.2 Å². The molecule has 0 bridgehead atoms. The quantitative estimate of drug-likeness (QED) is 0.660. The average Bonchev–Trinajstić information content (AvgIpc) is 3.26. The SMILES string of the molecule is Cc1ccc2[nH]cc(CCNC(=O)OC3CCN(c4ccc(Cl)cc4)C3=O)c2c1. The molecule has 1 aliphatic heterocycles. The van der Waals surface area contributed by atoms with Gasteiger partial charge in [-0.2, -0.15) is 0 Å². The van der Waals surface area contributed by atoms with Crippen molar-refractivity contribution >= 4 is 40.2 Å². The predicted molar refractivity (Wildman–Crippen MR) is 113 cm³/mol. The molecule has 0 spiro atoms. The number of alkyl carbamates (subject to hydrolysis) is 1. The lowest BCUT2D eigenvalue weighted by atomic mass is 10.1. The minimum Gasteiger partial charge on any atom is -0.436 e. The minimum absolute atomic E-state index is 0.213. The standard InChI is InChI=1S/C22H22ClN3O3/c1-14-2-7-19-18(12-14)15(13-25-19)8-10-24-22(28)29-20-9-11-26(21(20)27)17-5-3-16(23)4-6-17/h2-7,12-13,20,25H,8-11H2,1H3,(H,24,28). The molecule has 1 fully saturated rings. The molecule has 29 heavy (non-hydrogen) atoms. The second-order valence-electron chi connectivity index (χ2n) is 7.19. The number of carbonyl (C=O) groups is 2. The van der Waals surface area contributed by atoms with Gasteiger partial charge in [-0.05, 0) is 55.3 Å². The Morgan fingerprint density at radius 3 is 2.86 bits per heavy atom. The van der Waals surface area contributed by atoms with Crippen LogP contribution >= 0.6 is 11.6 Å². The van der Waals surface area contributed by atoms with Gasteiger partial charge in [-0.15, -0.1) is 0 Å². The van der Waals surface area contributed by atoms with Crippen LogP contribution in [0.25, 0.3) is 10.9 Å². The van der Waals surface area contributed by atoms with Crippen molar-refractivity contribution in [3.8, 4) is 0 Å². The van der Waals surface area contributed by atoms with E-state index in [0.29, 0.717) is 31.0 Å². The Kier molecular flexibility index (Phi) is 5.45. The topological polar surface area (TPSA) is 74.4 Å². The lowest BCUT2D eigenvalue weighted by Crippen LogP contribution is -2.35. The zero-order valence-electron chi connectivity index (χ0n) is 16.1. The van der Waals surface area contributed by atoms with Crippen LogP contribution in [0.5, 0.6) is 0 Å². The molecule has 0 radical (unpaired) electrons. The van der Waals surface area contributed by atoms with Crippen molar-refractivity contribution in [3.05, 3.63) is 64.8 Å². The number of hydrogen-bond donors (Lipinski definition) is 2. The summed E-state index contributed by atoms with van der Waals surface area (Å²) < 4.78 is 5.35. The lowest BCUT2D eigenvalue weighted by Gasteiger charge is -2.17. The highest BCUT2D eigenvalue weighted by atomic mass is 35.5. The van der Waals surface area contributed by atoms with Crippen LogP contribution < -0.4 is 10.2 Å². The summed E-state index contributed by atoms with van der Waals surface area (Å²) in [6.07, 6.45) is 1.77. The maximum absolute atomic E-state index is 12.5. The van der Waals surface area contributed by atoms with Crippen molar-refractivity contribution in [2.24, 2.45) is 0 Å². The van der Waals surface area contributed by atoms with Gasteiger partial charge in [0.05, 0.1) is 0 Å². The van der Waals surface area contributed by atoms with E-state index < -0.39 is 12.2 Å². The van der Waals surface area contributed by atoms with E-state index in [2.05, 4.69) is 29.4 Å². The normalized spacial score (nSPS) is 16.4. The Bertz CT molecular complexity index is 1050. The second kappa shape index (κ2) is 8.17. The number of amides is 2. The molecule has 2 heterocycles. The Balaban J connectivity index is 1.29. The van der Waals surface area contributed by atoms with Gasteiger partial charge in [0, 0.05) is 47.3 Å². The number of aromatic amines is 1. The van der Waals surface area contributed by atoms with Crippen molar-refractivity contribution < 1.29 is 14.3 Å². The number of ether oxygens (including phenoxy) is 1. The highest BCUT2D eigenvalue weighted by Crippen LogP contribution is 2.25. The van der Waals surface area contributed by atoms with Crippen molar-refractivity contribution in [1.29, 1.82) is 0 Å². The fourth-order valence-electron chi connectivity index (χ4n) is 3.61. The van der Waals surface area contributed by atoms with E-state index in [9.17, 15) is 9.59 Å². The van der Waals surface area contributed by atoms with E-state index in [4.69, 9.17) is 16.3 Å². The molecule has 2 amide bonds. The first-order valence-corrected chi connectivity index (χ1v) is 9.97. The van der Waals surface area contributed by atoms with Crippen LogP contribution in [0.2, 0.25) is 5.02 Å². The molecule has 1 unspecified atom stereocenters. The summed E-state index contributed by atoms with van der Waals surface area (Å²) in [7, 11) is 0. The summed E-state index contributed by atoms with van der Waals surface area (Å²) in [6.45, 7) is 2.99. The monoisotopic (exact) mass is 411 g/mol. The number of benzene rings is 2. The number of nitrogens with zero attached hydrogens (tertiary/aromatic N) is 1. The third kappa shape index (κ3) is 4.22. The van der Waals surface area contributed by atoms with Crippen molar-refractivity contribution in [1.82, 2.24) is 10.3 Å². The summed E-state index contributed by atoms with van der Waals surface area (Å²) in [6, 6.07) is 13.3. The first-order valence-electron chi connectivity index (χ1n) is 9.59. The predicted octanol–water partition coefficient (Wildman–Crippen LogP) is 4.20. The third-order valence-electron chi connectivity index (χ3n) is 5.13. The largest absolute Gasteiger partial charge is 0.436 e. The van der Waals surface area contributed by atoms with Gasteiger partial charge < -0.3 is 19.9 Å². The molecule has 2 aromatic carbocycles. The van der Waals surface area contributed by atoms with E-state index in [-0.39, 0.29) is 5.91 Å². The van der Waals surface area contributed by atoms with Gasteiger partial charge in [0.2, 0.25) is 0 Å². The fraction of sp³-hybridized carbons (Fsp3) is 0.273. The van der Waals surface area contributed by atoms with E-state index >= 15 is 0 Å². The highest BCUT2D eigenvalue weighted by Gasteiger charge is 2.35. The van der Waals surface area contributed by atoms with Gasteiger partial charge in [0.1, 0.15) is 0 Å². The number of nitrogens with one attached hydrogen (secondary N) is 2. The van der Waals surface area contributed by atoms with Crippen LogP contribution in [0, 0.1) is 6.92 Å². The first-order chi connectivity index (χ1) is 14.0. The number of aryl methyl sites for hydroxylation is 1. The molecule has 7 heteroatoms. The Labute approximate surface area is 173 Å². The molecule has 6 nitrogen and oxygen atoms in total. The van der Waals surface area contributed by atoms with E-state index in [0.717, 1.165) is 22.2 Å². The van der Waals surface area contributed by atoms with Crippen LogP contribution in [-0.4, -0.2) is 36.2 Å². The summed E-state index contributed by atoms with van der Waals surface area (Å²) in [5.41, 5.74) is 4.15. The van der Waals surface area contributed by atoms with Crippen LogP contribution in [0.1, 0.15) is 17.5 Å². The summed E-state index contributed by atoms with van der Waals surface area (Å²) >= 11 is 5.89. The first kappa shape index (κ1) is 19.3. The molecule has 4 rings (SSSR count). The molecule has 3 aromatic rings. The maximum Gasteiger partial charge on any atom is 0.407 e. The summed E-state index contributed by atoms with van der Waals surface area (Å²) in [5, 5.41) is 4.51. The average molecular weight is 412 g/mol. The fourth-order valence-corrected chi connectivity index (χ4v) is 3.74. The second-order valence-corrected chi connectivity index (χ2v) is 7.63. The van der Waals surface area contributed by atoms with Crippen molar-refractivity contribution in [2.75, 3.05) is 18.0 Å². The van der Waals surface area contributed by atoms with Crippen LogP contribution in [0.3, 0.4) is 0 Å². The molecule has 1 aliphatic rings. The third-order valence-corrected chi connectivity index (χ3v) is 5.38. The van der Waals surface area contributed by atoms with Crippen LogP contribution in [-0.2, 0) is 16.0 Å². The number of rotatable bonds is 5. The van der Waals surface area contributed by atoms with Gasteiger partial charge in [-0.3, -0.25) is 4.79 Å². The van der Waals surface area contributed by atoms with Crippen LogP contribution in [0.15, 0.2) is 48.7 Å². The minimum atomic E-state index is -0.763.